The number of rotatable bonds is 7. The lowest BCUT2D eigenvalue weighted by molar-refractivity contribution is -0.142. The van der Waals surface area contributed by atoms with Gasteiger partial charge in [-0.15, -0.1) is 11.3 Å². The van der Waals surface area contributed by atoms with E-state index in [0.717, 1.165) is 12.1 Å². The van der Waals surface area contributed by atoms with Gasteiger partial charge in [-0.3, -0.25) is 10.2 Å². The summed E-state index contributed by atoms with van der Waals surface area (Å²) in [5.41, 5.74) is 1.75. The number of nitrogens with zero attached hydrogens (tertiary/aromatic N) is 2. The first-order valence-electron chi connectivity index (χ1n) is 9.76. The zero-order valence-electron chi connectivity index (χ0n) is 18.0. The largest absolute Gasteiger partial charge is 0.500 e. The minimum Gasteiger partial charge on any atom is -0.466 e. The highest BCUT2D eigenvalue weighted by Gasteiger charge is 2.53. The summed E-state index contributed by atoms with van der Waals surface area (Å²) in [4.78, 5) is 15.7. The van der Waals surface area contributed by atoms with Gasteiger partial charge in [0.25, 0.3) is 0 Å². The molecular formula is C20H24BF2N3O4S. The number of hydrogen-bond acceptors (Lipinski definition) is 8. The number of carbonyl (C=O) groups excluding carboxylic acids is 1. The molecule has 0 saturated carbocycles. The molecule has 31 heavy (non-hydrogen) atoms. The molecule has 1 aliphatic heterocycles. The molecular weight excluding hydrogens is 427 g/mol. The fourth-order valence-electron chi connectivity index (χ4n) is 2.83. The molecule has 1 aromatic heterocycles. The van der Waals surface area contributed by atoms with Gasteiger partial charge in [0.05, 0.1) is 41.6 Å². The second-order valence-electron chi connectivity index (χ2n) is 7.98. The molecule has 7 nitrogen and oxygen atoms in total. The monoisotopic (exact) mass is 451 g/mol. The van der Waals surface area contributed by atoms with Crippen molar-refractivity contribution in [2.75, 3.05) is 12.0 Å². The number of esters is 1. The lowest BCUT2D eigenvalue weighted by atomic mass is 9.77. The van der Waals surface area contributed by atoms with Crippen LogP contribution in [0.3, 0.4) is 0 Å². The van der Waals surface area contributed by atoms with Crippen LogP contribution >= 0.6 is 11.3 Å². The Morgan fingerprint density at radius 3 is 2.45 bits per heavy atom. The first-order chi connectivity index (χ1) is 14.5. The summed E-state index contributed by atoms with van der Waals surface area (Å²) in [5.74, 6) is -1.94. The Kier molecular flexibility index (Phi) is 6.78. The highest BCUT2D eigenvalue weighted by molar-refractivity contribution is 7.13. The fourth-order valence-corrected chi connectivity index (χ4v) is 3.49. The summed E-state index contributed by atoms with van der Waals surface area (Å²) in [6.45, 7) is 9.28. The highest BCUT2D eigenvalue weighted by Crippen LogP contribution is 2.36. The fraction of sp³-hybridized carbons (Fsp3) is 0.450. The summed E-state index contributed by atoms with van der Waals surface area (Å²) in [5, 5.41) is 6.09. The zero-order valence-corrected chi connectivity index (χ0v) is 18.8. The van der Waals surface area contributed by atoms with Crippen molar-refractivity contribution in [1.82, 2.24) is 4.98 Å². The zero-order chi connectivity index (χ0) is 22.8. The van der Waals surface area contributed by atoms with Crippen LogP contribution in [0.5, 0.6) is 0 Å². The van der Waals surface area contributed by atoms with Crippen LogP contribution in [0.4, 0.5) is 13.9 Å². The van der Waals surface area contributed by atoms with Crippen molar-refractivity contribution in [3.05, 3.63) is 40.4 Å². The van der Waals surface area contributed by atoms with Crippen LogP contribution in [-0.4, -0.2) is 42.1 Å². The standard InChI is InChI=1S/C20H24BF2N3O4S/c1-6-28-16(27)9-13-11-31-18(25-13)26-24-10-12-7-14(22)17(15(23)8-12)21-29-19(2,3)20(4,5)30-21/h7-8,10-11H,6,9H2,1-5H3,(H,25,26). The van der Waals surface area contributed by atoms with Gasteiger partial charge >= 0.3 is 13.1 Å². The van der Waals surface area contributed by atoms with Crippen LogP contribution in [0.2, 0.25) is 0 Å². The molecule has 0 amide bonds. The van der Waals surface area contributed by atoms with Crippen molar-refractivity contribution in [1.29, 1.82) is 0 Å². The van der Waals surface area contributed by atoms with Crippen molar-refractivity contribution in [2.24, 2.45) is 5.10 Å². The number of halogens is 2. The number of nitrogens with one attached hydrogen (secondary N) is 1. The lowest BCUT2D eigenvalue weighted by Gasteiger charge is -2.32. The third-order valence-corrected chi connectivity index (χ3v) is 5.94. The molecule has 0 radical (unpaired) electrons. The van der Waals surface area contributed by atoms with Crippen LogP contribution in [0.15, 0.2) is 22.6 Å². The van der Waals surface area contributed by atoms with Gasteiger partial charge in [0, 0.05) is 10.9 Å². The normalized spacial score (nSPS) is 17.3. The van der Waals surface area contributed by atoms with Crippen LogP contribution in [0.1, 0.15) is 45.9 Å². The van der Waals surface area contributed by atoms with Crippen LogP contribution in [0.25, 0.3) is 0 Å². The summed E-state index contributed by atoms with van der Waals surface area (Å²) in [6.07, 6.45) is 1.33. The van der Waals surface area contributed by atoms with E-state index in [1.165, 1.54) is 17.6 Å². The van der Waals surface area contributed by atoms with Gasteiger partial charge in [0.15, 0.2) is 0 Å². The quantitative estimate of drug-likeness (QED) is 0.301. The Morgan fingerprint density at radius 1 is 1.26 bits per heavy atom. The first kappa shape index (κ1) is 23.3. The van der Waals surface area contributed by atoms with E-state index >= 15 is 0 Å². The molecule has 0 spiro atoms. The summed E-state index contributed by atoms with van der Waals surface area (Å²) < 4.78 is 45.7. The van der Waals surface area contributed by atoms with E-state index in [2.05, 4.69) is 15.5 Å². The Morgan fingerprint density at radius 2 is 1.87 bits per heavy atom. The number of anilines is 1. The topological polar surface area (TPSA) is 82.0 Å². The maximum absolute atomic E-state index is 14.7. The Hall–Kier alpha value is -2.37. The van der Waals surface area contributed by atoms with E-state index in [0.29, 0.717) is 17.4 Å². The van der Waals surface area contributed by atoms with E-state index in [9.17, 15) is 13.6 Å². The third-order valence-electron chi connectivity index (χ3n) is 5.15. The molecule has 2 aromatic rings. The molecule has 166 valence electrons. The smallest absolute Gasteiger partial charge is 0.466 e. The Bertz CT molecular complexity index is 958. The molecule has 3 rings (SSSR count). The van der Waals surface area contributed by atoms with E-state index in [-0.39, 0.29) is 23.4 Å². The average molecular weight is 451 g/mol. The molecule has 0 aliphatic carbocycles. The number of ether oxygens (including phenoxy) is 1. The SMILES string of the molecule is CCOC(=O)Cc1csc(NN=Cc2cc(F)c(B3OC(C)(C)C(C)(C)O3)c(F)c2)n1. The maximum Gasteiger partial charge on any atom is 0.500 e. The Labute approximate surface area is 183 Å². The highest BCUT2D eigenvalue weighted by atomic mass is 32.1. The molecule has 0 unspecified atom stereocenters. The second kappa shape index (κ2) is 9.01. The molecule has 1 fully saturated rings. The third kappa shape index (κ3) is 5.28. The van der Waals surface area contributed by atoms with E-state index in [4.69, 9.17) is 14.0 Å². The maximum atomic E-state index is 14.7. The van der Waals surface area contributed by atoms with Gasteiger partial charge in [-0.1, -0.05) is 0 Å². The second-order valence-corrected chi connectivity index (χ2v) is 8.84. The van der Waals surface area contributed by atoms with Crippen molar-refractivity contribution in [3.63, 3.8) is 0 Å². The number of hydrazone groups is 1. The molecule has 11 heteroatoms. The summed E-state index contributed by atoms with van der Waals surface area (Å²) in [7, 11) is -1.14. The van der Waals surface area contributed by atoms with Gasteiger partial charge in [-0.2, -0.15) is 5.10 Å². The number of aromatic nitrogens is 1. The van der Waals surface area contributed by atoms with Gasteiger partial charge in [0.1, 0.15) is 11.6 Å². The van der Waals surface area contributed by atoms with E-state index in [1.54, 1.807) is 12.3 Å². The van der Waals surface area contributed by atoms with Crippen molar-refractivity contribution >= 4 is 41.2 Å². The van der Waals surface area contributed by atoms with Crippen molar-refractivity contribution in [2.45, 2.75) is 52.2 Å². The number of carbonyl (C=O) groups is 1. The molecule has 0 bridgehead atoms. The van der Waals surface area contributed by atoms with Gasteiger partial charge in [0.2, 0.25) is 5.13 Å². The lowest BCUT2D eigenvalue weighted by Crippen LogP contribution is -2.41. The van der Waals surface area contributed by atoms with Gasteiger partial charge < -0.3 is 14.0 Å². The van der Waals surface area contributed by atoms with Crippen molar-refractivity contribution < 1.29 is 27.6 Å². The van der Waals surface area contributed by atoms with Gasteiger partial charge in [-0.05, 0) is 46.8 Å². The van der Waals surface area contributed by atoms with Crippen LogP contribution < -0.4 is 10.9 Å². The predicted molar refractivity (Wildman–Crippen MR) is 116 cm³/mol. The predicted octanol–water partition coefficient (Wildman–Crippen LogP) is 3.27. The Balaban J connectivity index is 1.67. The molecule has 2 heterocycles. The molecule has 1 saturated heterocycles. The molecule has 1 aromatic carbocycles. The summed E-state index contributed by atoms with van der Waals surface area (Å²) >= 11 is 1.24. The molecule has 0 atom stereocenters. The minimum absolute atomic E-state index is 0.0620. The van der Waals surface area contributed by atoms with Gasteiger partial charge in [-0.25, -0.2) is 13.8 Å². The summed E-state index contributed by atoms with van der Waals surface area (Å²) in [6, 6.07) is 2.31. The van der Waals surface area contributed by atoms with Crippen LogP contribution in [0, 0.1) is 11.6 Å². The van der Waals surface area contributed by atoms with Crippen molar-refractivity contribution in [3.8, 4) is 0 Å². The first-order valence-corrected chi connectivity index (χ1v) is 10.6. The van der Waals surface area contributed by atoms with E-state index in [1.807, 2.05) is 27.7 Å². The average Bonchev–Trinajstić information content (AvgIpc) is 3.15. The van der Waals surface area contributed by atoms with Crippen LogP contribution in [-0.2, 0) is 25.3 Å². The number of thiazole rings is 1. The number of hydrogen-bond donors (Lipinski definition) is 1. The molecule has 1 N–H and O–H groups in total. The number of benzene rings is 1. The minimum atomic E-state index is -1.14. The van der Waals surface area contributed by atoms with E-state index < -0.39 is 30.0 Å². The molecule has 1 aliphatic rings.